The normalized spacial score (nSPS) is 17.1. The Kier molecular flexibility index (Phi) is 5.44. The second-order valence-electron chi connectivity index (χ2n) is 10.4. The number of hydrogen-bond acceptors (Lipinski definition) is 9. The van der Waals surface area contributed by atoms with E-state index in [1.807, 2.05) is 47.4 Å². The Bertz CT molecular complexity index is 1740. The van der Waals surface area contributed by atoms with Crippen LogP contribution in [0.1, 0.15) is 25.7 Å². The molecule has 3 aromatic heterocycles. The van der Waals surface area contributed by atoms with Gasteiger partial charge >= 0.3 is 0 Å². The molecule has 4 heterocycles. The summed E-state index contributed by atoms with van der Waals surface area (Å²) in [6, 6.07) is 13.1. The molecule has 1 saturated heterocycles. The number of rotatable bonds is 6. The maximum Gasteiger partial charge on any atom is 0.264 e. The predicted molar refractivity (Wildman–Crippen MR) is 142 cm³/mol. The van der Waals surface area contributed by atoms with Crippen molar-refractivity contribution in [3.8, 4) is 5.69 Å². The molecule has 0 radical (unpaired) electrons. The van der Waals surface area contributed by atoms with Crippen molar-refractivity contribution in [2.45, 2.75) is 37.8 Å². The maximum absolute atomic E-state index is 13.3. The summed E-state index contributed by atoms with van der Waals surface area (Å²) >= 11 is 0. The molecule has 2 N–H and O–H groups in total. The third-order valence-electron chi connectivity index (χ3n) is 7.63. The zero-order chi connectivity index (χ0) is 26.6. The van der Waals surface area contributed by atoms with E-state index in [-0.39, 0.29) is 23.9 Å². The Hall–Kier alpha value is -4.58. The van der Waals surface area contributed by atoms with Crippen LogP contribution in [0.3, 0.4) is 0 Å². The van der Waals surface area contributed by atoms with E-state index in [1.54, 1.807) is 4.68 Å². The van der Waals surface area contributed by atoms with E-state index < -0.39 is 5.60 Å². The molecule has 2 fully saturated rings. The molecule has 198 valence electrons. The van der Waals surface area contributed by atoms with Crippen molar-refractivity contribution in [2.75, 3.05) is 18.4 Å². The summed E-state index contributed by atoms with van der Waals surface area (Å²) in [6.07, 6.45) is 5.76. The molecule has 39 heavy (non-hydrogen) atoms. The number of amides is 1. The van der Waals surface area contributed by atoms with Gasteiger partial charge < -0.3 is 15.3 Å². The number of carbonyl (C=O) groups excluding carboxylic acids is 1. The molecule has 0 unspecified atom stereocenters. The van der Waals surface area contributed by atoms with E-state index in [0.717, 1.165) is 29.9 Å². The van der Waals surface area contributed by atoms with Crippen LogP contribution in [0.2, 0.25) is 0 Å². The molecule has 5 aromatic rings. The summed E-state index contributed by atoms with van der Waals surface area (Å²) in [4.78, 5) is 32.0. The lowest BCUT2D eigenvalue weighted by atomic mass is 9.91. The highest BCUT2D eigenvalue weighted by Gasteiger charge is 2.39. The highest BCUT2D eigenvalue weighted by molar-refractivity contribution is 5.89. The van der Waals surface area contributed by atoms with Crippen molar-refractivity contribution < 1.29 is 14.5 Å². The van der Waals surface area contributed by atoms with Gasteiger partial charge in [-0.1, -0.05) is 6.07 Å². The smallest absolute Gasteiger partial charge is 0.264 e. The molecular weight excluding hydrogens is 500 g/mol. The molecule has 2 aromatic carbocycles. The van der Waals surface area contributed by atoms with Gasteiger partial charge in [-0.3, -0.25) is 14.2 Å². The van der Waals surface area contributed by atoms with E-state index in [0.29, 0.717) is 48.0 Å². The standard InChI is InChI=1S/C27H26N8O4/c36-25(17-4-5-17)33-12-10-27(38,11-13-33)15-34-16-28-24-20(26(34)37)14-29-35(24)19-8-6-18(7-9-19)30-21-2-1-3-22-23(21)32-39-31-22/h1-3,6-9,14,16-17,30,38H,4-5,10-13,15H2. The van der Waals surface area contributed by atoms with Crippen molar-refractivity contribution in [1.82, 2.24) is 34.5 Å². The number of hydrogen-bond donors (Lipinski definition) is 2. The molecule has 0 bridgehead atoms. The fourth-order valence-corrected chi connectivity index (χ4v) is 5.21. The SMILES string of the molecule is O=C(C1CC1)N1CCC(O)(Cn2cnc3c(cnn3-c3ccc(Nc4cccc5nonc45)cc3)c2=O)CC1. The van der Waals surface area contributed by atoms with Crippen LogP contribution in [0.4, 0.5) is 11.4 Å². The van der Waals surface area contributed by atoms with Crippen LogP contribution in [0.25, 0.3) is 27.8 Å². The highest BCUT2D eigenvalue weighted by atomic mass is 16.6. The van der Waals surface area contributed by atoms with Crippen LogP contribution < -0.4 is 10.9 Å². The van der Waals surface area contributed by atoms with Crippen LogP contribution in [-0.4, -0.2) is 64.2 Å². The number of benzene rings is 2. The van der Waals surface area contributed by atoms with Gasteiger partial charge in [-0.25, -0.2) is 14.3 Å². The number of anilines is 2. The van der Waals surface area contributed by atoms with Crippen molar-refractivity contribution in [3.63, 3.8) is 0 Å². The number of aromatic nitrogens is 6. The summed E-state index contributed by atoms with van der Waals surface area (Å²) in [7, 11) is 0. The summed E-state index contributed by atoms with van der Waals surface area (Å²) in [5, 5.41) is 27.1. The molecule has 12 heteroatoms. The molecular formula is C27H26N8O4. The van der Waals surface area contributed by atoms with Crippen LogP contribution in [0.5, 0.6) is 0 Å². The van der Waals surface area contributed by atoms with Gasteiger partial charge in [0.25, 0.3) is 5.56 Å². The van der Waals surface area contributed by atoms with Gasteiger partial charge in [-0.2, -0.15) is 5.10 Å². The average molecular weight is 527 g/mol. The minimum absolute atomic E-state index is 0.125. The summed E-state index contributed by atoms with van der Waals surface area (Å²) in [6.45, 7) is 1.13. The lowest BCUT2D eigenvalue weighted by Crippen LogP contribution is -2.50. The molecule has 1 amide bonds. The topological polar surface area (TPSA) is 144 Å². The van der Waals surface area contributed by atoms with Crippen molar-refractivity contribution in [3.05, 3.63) is 65.3 Å². The zero-order valence-corrected chi connectivity index (χ0v) is 21.0. The molecule has 1 aliphatic carbocycles. The van der Waals surface area contributed by atoms with Gasteiger partial charge in [-0.05, 0) is 72.4 Å². The van der Waals surface area contributed by atoms with Gasteiger partial charge in [0, 0.05) is 24.7 Å². The minimum atomic E-state index is -1.06. The average Bonchev–Trinajstić information content (AvgIpc) is 3.52. The number of carbonyl (C=O) groups is 1. The van der Waals surface area contributed by atoms with Gasteiger partial charge in [-0.15, -0.1) is 0 Å². The van der Waals surface area contributed by atoms with Crippen molar-refractivity contribution in [2.24, 2.45) is 5.92 Å². The molecule has 0 atom stereocenters. The number of likely N-dealkylation sites (tertiary alicyclic amines) is 1. The van der Waals surface area contributed by atoms with Gasteiger partial charge in [0.15, 0.2) is 11.2 Å². The molecule has 1 saturated carbocycles. The second kappa shape index (κ2) is 9.02. The van der Waals surface area contributed by atoms with Gasteiger partial charge in [0.1, 0.15) is 17.2 Å². The molecule has 2 aliphatic rings. The van der Waals surface area contributed by atoms with E-state index in [2.05, 4.69) is 25.7 Å². The van der Waals surface area contributed by atoms with E-state index in [4.69, 9.17) is 4.63 Å². The monoisotopic (exact) mass is 526 g/mol. The predicted octanol–water partition coefficient (Wildman–Crippen LogP) is 2.63. The van der Waals surface area contributed by atoms with Crippen molar-refractivity contribution >= 4 is 39.3 Å². The zero-order valence-electron chi connectivity index (χ0n) is 21.0. The van der Waals surface area contributed by atoms with Crippen LogP contribution in [0, 0.1) is 5.92 Å². The first-order valence-electron chi connectivity index (χ1n) is 13.0. The third-order valence-corrected chi connectivity index (χ3v) is 7.63. The van der Waals surface area contributed by atoms with Gasteiger partial charge in [0.2, 0.25) is 5.91 Å². The van der Waals surface area contributed by atoms with E-state index in [1.165, 1.54) is 17.1 Å². The number of piperidine rings is 1. The Morgan fingerprint density at radius 2 is 1.90 bits per heavy atom. The van der Waals surface area contributed by atoms with Gasteiger partial charge in [0.05, 0.1) is 29.7 Å². The quantitative estimate of drug-likeness (QED) is 0.341. The largest absolute Gasteiger partial charge is 0.388 e. The fourth-order valence-electron chi connectivity index (χ4n) is 5.21. The lowest BCUT2D eigenvalue weighted by molar-refractivity contribution is -0.137. The highest BCUT2D eigenvalue weighted by Crippen LogP contribution is 2.33. The van der Waals surface area contributed by atoms with Crippen molar-refractivity contribution in [1.29, 1.82) is 0 Å². The first-order chi connectivity index (χ1) is 19.0. The number of aliphatic hydroxyl groups is 1. The summed E-state index contributed by atoms with van der Waals surface area (Å²) in [5.74, 6) is 0.361. The van der Waals surface area contributed by atoms with Crippen LogP contribution in [0.15, 0.2) is 64.4 Å². The number of nitrogens with one attached hydrogen (secondary N) is 1. The molecule has 1 aliphatic heterocycles. The molecule has 12 nitrogen and oxygen atoms in total. The van der Waals surface area contributed by atoms with E-state index >= 15 is 0 Å². The first kappa shape index (κ1) is 23.5. The minimum Gasteiger partial charge on any atom is -0.388 e. The number of nitrogens with zero attached hydrogens (tertiary/aromatic N) is 7. The van der Waals surface area contributed by atoms with Crippen LogP contribution >= 0.6 is 0 Å². The van der Waals surface area contributed by atoms with Crippen LogP contribution in [-0.2, 0) is 11.3 Å². The first-order valence-corrected chi connectivity index (χ1v) is 13.0. The lowest BCUT2D eigenvalue weighted by Gasteiger charge is -2.38. The molecule has 7 rings (SSSR count). The van der Waals surface area contributed by atoms with E-state index in [9.17, 15) is 14.7 Å². The summed E-state index contributed by atoms with van der Waals surface area (Å²) < 4.78 is 7.89. The third kappa shape index (κ3) is 4.32. The Morgan fingerprint density at radius 3 is 2.67 bits per heavy atom. The Labute approximate surface area is 221 Å². The molecule has 0 spiro atoms. The number of fused-ring (bicyclic) bond motifs is 2. The second-order valence-corrected chi connectivity index (χ2v) is 10.4. The Morgan fingerprint density at radius 1 is 1.10 bits per heavy atom. The fraction of sp³-hybridized carbons (Fsp3) is 0.333. The Balaban J connectivity index is 1.08. The maximum atomic E-state index is 13.3. The summed E-state index contributed by atoms with van der Waals surface area (Å²) in [5.41, 5.74) is 2.77.